The summed E-state index contributed by atoms with van der Waals surface area (Å²) in [5, 5.41) is 3.81. The molecule has 1 N–H and O–H groups in total. The Morgan fingerprint density at radius 1 is 1.13 bits per heavy atom. The molecule has 0 atom stereocenters. The summed E-state index contributed by atoms with van der Waals surface area (Å²) in [5.41, 5.74) is 1.79. The van der Waals surface area contributed by atoms with Gasteiger partial charge in [0.1, 0.15) is 0 Å². The average Bonchev–Trinajstić information content (AvgIpc) is 2.26. The molecule has 0 unspecified atom stereocenters. The molecule has 1 aromatic heterocycles. The van der Waals surface area contributed by atoms with Gasteiger partial charge >= 0.3 is 0 Å². The molecule has 15 heavy (non-hydrogen) atoms. The Bertz CT molecular complexity index is 459. The van der Waals surface area contributed by atoms with Crippen molar-refractivity contribution in [2.75, 3.05) is 5.32 Å². The number of halogens is 1. The molecule has 0 bridgehead atoms. The largest absolute Gasteiger partial charge is 0.354 e. The summed E-state index contributed by atoms with van der Waals surface area (Å²) in [4.78, 5) is 4.70. The van der Waals surface area contributed by atoms with Crippen LogP contribution in [0.15, 0.2) is 47.6 Å². The lowest BCUT2D eigenvalue weighted by Crippen LogP contribution is -1.91. The molecule has 0 spiro atoms. The Kier molecular flexibility index (Phi) is 3.14. The van der Waals surface area contributed by atoms with Crippen LogP contribution in [0.3, 0.4) is 0 Å². The van der Waals surface area contributed by atoms with E-state index in [0.717, 1.165) is 16.3 Å². The van der Waals surface area contributed by atoms with Crippen molar-refractivity contribution in [3.8, 4) is 0 Å². The van der Waals surface area contributed by atoms with E-state index >= 15 is 0 Å². The number of aromatic nitrogens is 1. The summed E-state index contributed by atoms with van der Waals surface area (Å²) in [6, 6.07) is 9.41. The highest BCUT2D eigenvalue weighted by Crippen LogP contribution is 2.30. The van der Waals surface area contributed by atoms with Crippen LogP contribution in [0.2, 0.25) is 5.02 Å². The average molecular weight is 237 g/mol. The topological polar surface area (TPSA) is 24.9 Å². The van der Waals surface area contributed by atoms with Gasteiger partial charge < -0.3 is 5.32 Å². The molecule has 1 aromatic carbocycles. The highest BCUT2D eigenvalue weighted by molar-refractivity contribution is 7.80. The van der Waals surface area contributed by atoms with E-state index in [4.69, 9.17) is 11.6 Å². The van der Waals surface area contributed by atoms with Crippen LogP contribution >= 0.6 is 24.2 Å². The first-order chi connectivity index (χ1) is 7.27. The van der Waals surface area contributed by atoms with E-state index in [0.29, 0.717) is 5.02 Å². The molecule has 0 aliphatic rings. The van der Waals surface area contributed by atoms with Crippen molar-refractivity contribution in [1.82, 2.24) is 4.98 Å². The molecule has 76 valence electrons. The Morgan fingerprint density at radius 2 is 1.87 bits per heavy atom. The van der Waals surface area contributed by atoms with Gasteiger partial charge in [-0.15, -0.1) is 12.6 Å². The van der Waals surface area contributed by atoms with Gasteiger partial charge in [0.25, 0.3) is 0 Å². The van der Waals surface area contributed by atoms with E-state index < -0.39 is 0 Å². The molecular formula is C11H9ClN2S. The van der Waals surface area contributed by atoms with Crippen LogP contribution in [-0.4, -0.2) is 4.98 Å². The minimum atomic E-state index is 0.623. The van der Waals surface area contributed by atoms with Crippen LogP contribution < -0.4 is 5.32 Å². The minimum absolute atomic E-state index is 0.623. The van der Waals surface area contributed by atoms with Crippen LogP contribution in [-0.2, 0) is 0 Å². The second-order valence-electron chi connectivity index (χ2n) is 3.00. The maximum absolute atomic E-state index is 6.09. The lowest BCUT2D eigenvalue weighted by atomic mass is 10.3. The van der Waals surface area contributed by atoms with Crippen molar-refractivity contribution in [3.63, 3.8) is 0 Å². The van der Waals surface area contributed by atoms with Gasteiger partial charge in [0.15, 0.2) is 0 Å². The quantitative estimate of drug-likeness (QED) is 0.776. The molecule has 1 heterocycles. The Balaban J connectivity index is 2.29. The smallest absolute Gasteiger partial charge is 0.0774 e. The normalized spacial score (nSPS) is 10.0. The standard InChI is InChI=1S/C11H9ClN2S/c12-11-9(2-1-3-10(11)15)14-8-4-6-13-7-5-8/h1-7,15H,(H,13,14). The molecule has 2 rings (SSSR count). The number of nitrogens with one attached hydrogen (secondary N) is 1. The van der Waals surface area contributed by atoms with Gasteiger partial charge in [0.2, 0.25) is 0 Å². The van der Waals surface area contributed by atoms with Crippen molar-refractivity contribution in [2.45, 2.75) is 4.90 Å². The molecule has 4 heteroatoms. The van der Waals surface area contributed by atoms with Gasteiger partial charge in [-0.3, -0.25) is 4.98 Å². The van der Waals surface area contributed by atoms with E-state index in [1.54, 1.807) is 12.4 Å². The SMILES string of the molecule is Sc1cccc(Nc2ccncc2)c1Cl. The first-order valence-electron chi connectivity index (χ1n) is 4.42. The van der Waals surface area contributed by atoms with E-state index in [9.17, 15) is 0 Å². The van der Waals surface area contributed by atoms with Crippen LogP contribution in [0.25, 0.3) is 0 Å². The van der Waals surface area contributed by atoms with Crippen molar-refractivity contribution < 1.29 is 0 Å². The Labute approximate surface area is 98.7 Å². The molecular weight excluding hydrogens is 228 g/mol. The van der Waals surface area contributed by atoms with Crippen molar-refractivity contribution in [3.05, 3.63) is 47.7 Å². The third kappa shape index (κ3) is 2.43. The number of hydrogen-bond donors (Lipinski definition) is 2. The van der Waals surface area contributed by atoms with Crippen molar-refractivity contribution in [1.29, 1.82) is 0 Å². The second-order valence-corrected chi connectivity index (χ2v) is 3.86. The first kappa shape index (κ1) is 10.3. The molecule has 0 radical (unpaired) electrons. The summed E-state index contributed by atoms with van der Waals surface area (Å²) in [7, 11) is 0. The maximum atomic E-state index is 6.09. The minimum Gasteiger partial charge on any atom is -0.354 e. The molecule has 0 saturated heterocycles. The predicted molar refractivity (Wildman–Crippen MR) is 66.2 cm³/mol. The number of benzene rings is 1. The number of rotatable bonds is 2. The van der Waals surface area contributed by atoms with Gasteiger partial charge in [-0.1, -0.05) is 17.7 Å². The lowest BCUT2D eigenvalue weighted by molar-refractivity contribution is 1.32. The summed E-state index contributed by atoms with van der Waals surface area (Å²) in [6.45, 7) is 0. The van der Waals surface area contributed by atoms with Crippen molar-refractivity contribution in [2.24, 2.45) is 0 Å². The fourth-order valence-corrected chi connectivity index (χ4v) is 1.59. The van der Waals surface area contributed by atoms with Gasteiger partial charge in [-0.25, -0.2) is 0 Å². The third-order valence-electron chi connectivity index (χ3n) is 1.94. The van der Waals surface area contributed by atoms with E-state index in [1.165, 1.54) is 0 Å². The summed E-state index contributed by atoms with van der Waals surface area (Å²) < 4.78 is 0. The molecule has 2 aromatic rings. The van der Waals surface area contributed by atoms with E-state index in [-0.39, 0.29) is 0 Å². The highest BCUT2D eigenvalue weighted by atomic mass is 35.5. The second kappa shape index (κ2) is 4.55. The fraction of sp³-hybridized carbons (Fsp3) is 0. The zero-order valence-corrected chi connectivity index (χ0v) is 9.46. The van der Waals surface area contributed by atoms with Crippen LogP contribution in [0.1, 0.15) is 0 Å². The maximum Gasteiger partial charge on any atom is 0.0774 e. The van der Waals surface area contributed by atoms with Gasteiger partial charge in [0.05, 0.1) is 10.7 Å². The van der Waals surface area contributed by atoms with Crippen LogP contribution in [0.5, 0.6) is 0 Å². The van der Waals surface area contributed by atoms with Crippen LogP contribution in [0, 0.1) is 0 Å². The van der Waals surface area contributed by atoms with E-state index in [1.807, 2.05) is 30.3 Å². The highest BCUT2D eigenvalue weighted by Gasteiger charge is 2.02. The molecule has 0 aliphatic heterocycles. The van der Waals surface area contributed by atoms with Crippen molar-refractivity contribution >= 4 is 35.6 Å². The number of nitrogens with zero attached hydrogens (tertiary/aromatic N) is 1. The third-order valence-corrected chi connectivity index (χ3v) is 2.85. The Hall–Kier alpha value is -1.19. The lowest BCUT2D eigenvalue weighted by Gasteiger charge is -2.08. The number of hydrogen-bond acceptors (Lipinski definition) is 3. The molecule has 0 fully saturated rings. The number of pyridine rings is 1. The van der Waals surface area contributed by atoms with E-state index in [2.05, 4.69) is 22.9 Å². The zero-order chi connectivity index (χ0) is 10.7. The number of anilines is 2. The van der Waals surface area contributed by atoms with Gasteiger partial charge in [0, 0.05) is 23.0 Å². The molecule has 2 nitrogen and oxygen atoms in total. The van der Waals surface area contributed by atoms with Gasteiger partial charge in [-0.05, 0) is 24.3 Å². The monoisotopic (exact) mass is 236 g/mol. The first-order valence-corrected chi connectivity index (χ1v) is 5.24. The number of thiol groups is 1. The molecule has 0 saturated carbocycles. The molecule has 0 amide bonds. The zero-order valence-electron chi connectivity index (χ0n) is 7.81. The fourth-order valence-electron chi connectivity index (χ4n) is 1.21. The Morgan fingerprint density at radius 3 is 2.60 bits per heavy atom. The van der Waals surface area contributed by atoms with Gasteiger partial charge in [-0.2, -0.15) is 0 Å². The van der Waals surface area contributed by atoms with Crippen LogP contribution in [0.4, 0.5) is 11.4 Å². The predicted octanol–water partition coefficient (Wildman–Crippen LogP) is 3.77. The summed E-state index contributed by atoms with van der Waals surface area (Å²) >= 11 is 10.3. The summed E-state index contributed by atoms with van der Waals surface area (Å²) in [5.74, 6) is 0. The summed E-state index contributed by atoms with van der Waals surface area (Å²) in [6.07, 6.45) is 3.45. The molecule has 0 aliphatic carbocycles.